The number of amides is 1. The van der Waals surface area contributed by atoms with E-state index >= 15 is 0 Å². The van der Waals surface area contributed by atoms with Gasteiger partial charge in [-0.2, -0.15) is 0 Å². The van der Waals surface area contributed by atoms with E-state index < -0.39 is 13.1 Å². The summed E-state index contributed by atoms with van der Waals surface area (Å²) in [5.74, 6) is 0.229. The van der Waals surface area contributed by atoms with Crippen LogP contribution in [-0.4, -0.2) is 36.1 Å². The minimum Gasteiger partial charge on any atom is -0.493 e. The molecule has 0 bridgehead atoms. The first-order valence-electron chi connectivity index (χ1n) is 5.50. The minimum atomic E-state index is -1.56. The van der Waals surface area contributed by atoms with Gasteiger partial charge in [0, 0.05) is 11.5 Å². The summed E-state index contributed by atoms with van der Waals surface area (Å²) in [6, 6.07) is 7.64. The van der Waals surface area contributed by atoms with E-state index in [0.29, 0.717) is 19.4 Å². The Bertz CT molecular complexity index is 399. The third-order valence-corrected chi connectivity index (χ3v) is 2.98. The topological polar surface area (TPSA) is 78.8 Å². The molecule has 0 spiro atoms. The summed E-state index contributed by atoms with van der Waals surface area (Å²) in [5, 5.41) is 20.7. The average molecular weight is 235 g/mol. The van der Waals surface area contributed by atoms with Gasteiger partial charge in [0.1, 0.15) is 5.75 Å². The monoisotopic (exact) mass is 235 g/mol. The van der Waals surface area contributed by atoms with Crippen molar-refractivity contribution in [1.82, 2.24) is 5.32 Å². The van der Waals surface area contributed by atoms with Crippen molar-refractivity contribution in [2.75, 3.05) is 6.61 Å². The molecule has 5 nitrogen and oxygen atoms in total. The first kappa shape index (κ1) is 11.9. The van der Waals surface area contributed by atoms with E-state index in [-0.39, 0.29) is 5.92 Å². The van der Waals surface area contributed by atoms with E-state index in [0.717, 1.165) is 11.3 Å². The van der Waals surface area contributed by atoms with Crippen LogP contribution in [0.15, 0.2) is 24.3 Å². The van der Waals surface area contributed by atoms with Gasteiger partial charge in [0.2, 0.25) is 6.41 Å². The van der Waals surface area contributed by atoms with Crippen molar-refractivity contribution in [3.63, 3.8) is 0 Å². The van der Waals surface area contributed by atoms with E-state index in [2.05, 4.69) is 5.32 Å². The number of para-hydroxylation sites is 1. The standard InChI is InChI=1S/C11H14BNO4/c14-7-13-11(12(15)16)5-8-6-17-10-4-2-1-3-9(8)10/h1-4,7-8,11,15-16H,5-6H2,(H,13,14). The van der Waals surface area contributed by atoms with Gasteiger partial charge in [-0.1, -0.05) is 18.2 Å². The third-order valence-electron chi connectivity index (χ3n) is 2.98. The lowest BCUT2D eigenvalue weighted by Gasteiger charge is -2.18. The maximum absolute atomic E-state index is 10.4. The number of carbonyl (C=O) groups is 1. The van der Waals surface area contributed by atoms with Gasteiger partial charge >= 0.3 is 7.12 Å². The van der Waals surface area contributed by atoms with Crippen molar-refractivity contribution in [3.05, 3.63) is 29.8 Å². The molecule has 0 saturated heterocycles. The lowest BCUT2D eigenvalue weighted by atomic mass is 9.74. The van der Waals surface area contributed by atoms with Crippen LogP contribution in [-0.2, 0) is 4.79 Å². The zero-order chi connectivity index (χ0) is 12.3. The number of rotatable bonds is 5. The average Bonchev–Trinajstić information content (AvgIpc) is 2.72. The quantitative estimate of drug-likeness (QED) is 0.482. The Morgan fingerprint density at radius 2 is 2.29 bits per heavy atom. The van der Waals surface area contributed by atoms with E-state index in [1.54, 1.807) is 0 Å². The minimum absolute atomic E-state index is 0.0745. The second-order valence-corrected chi connectivity index (χ2v) is 4.09. The van der Waals surface area contributed by atoms with E-state index in [9.17, 15) is 4.79 Å². The van der Waals surface area contributed by atoms with Crippen LogP contribution in [0.1, 0.15) is 17.9 Å². The highest BCUT2D eigenvalue weighted by atomic mass is 16.5. The fraction of sp³-hybridized carbons (Fsp3) is 0.364. The molecule has 0 aromatic heterocycles. The Balaban J connectivity index is 2.07. The summed E-state index contributed by atoms with van der Waals surface area (Å²) in [4.78, 5) is 10.4. The van der Waals surface area contributed by atoms with Gasteiger partial charge in [-0.15, -0.1) is 0 Å². The number of carbonyl (C=O) groups excluding carboxylic acids is 1. The number of benzene rings is 1. The molecule has 17 heavy (non-hydrogen) atoms. The largest absolute Gasteiger partial charge is 0.493 e. The van der Waals surface area contributed by atoms with E-state index in [1.807, 2.05) is 24.3 Å². The highest BCUT2D eigenvalue weighted by molar-refractivity contribution is 6.43. The van der Waals surface area contributed by atoms with Gasteiger partial charge in [-0.25, -0.2) is 0 Å². The highest BCUT2D eigenvalue weighted by Gasteiger charge is 2.31. The summed E-state index contributed by atoms with van der Waals surface area (Å²) in [6.45, 7) is 0.503. The van der Waals surface area contributed by atoms with Gasteiger partial charge in [0.25, 0.3) is 0 Å². The highest BCUT2D eigenvalue weighted by Crippen LogP contribution is 2.36. The van der Waals surface area contributed by atoms with Gasteiger partial charge in [0.05, 0.1) is 12.5 Å². The molecule has 90 valence electrons. The molecule has 2 rings (SSSR count). The normalized spacial score (nSPS) is 19.1. The molecule has 1 aliphatic rings. The second-order valence-electron chi connectivity index (χ2n) is 4.09. The molecule has 0 aliphatic carbocycles. The predicted molar refractivity (Wildman–Crippen MR) is 62.5 cm³/mol. The van der Waals surface area contributed by atoms with Crippen molar-refractivity contribution in [3.8, 4) is 5.75 Å². The molecule has 2 atom stereocenters. The SMILES string of the molecule is O=CNC(CC1COc2ccccc21)B(O)O. The molecule has 1 aliphatic heterocycles. The maximum Gasteiger partial charge on any atom is 0.475 e. The summed E-state index contributed by atoms with van der Waals surface area (Å²) in [6.07, 6.45) is 0.916. The van der Waals surface area contributed by atoms with Crippen LogP contribution in [0, 0.1) is 0 Å². The van der Waals surface area contributed by atoms with Crippen LogP contribution in [0.25, 0.3) is 0 Å². The number of nitrogens with one attached hydrogen (secondary N) is 1. The molecule has 1 amide bonds. The smallest absolute Gasteiger partial charge is 0.475 e. The van der Waals surface area contributed by atoms with E-state index in [4.69, 9.17) is 14.8 Å². The second kappa shape index (κ2) is 5.20. The Kier molecular flexibility index (Phi) is 3.66. The summed E-state index contributed by atoms with van der Waals surface area (Å²) in [5.41, 5.74) is 1.05. The molecule has 3 N–H and O–H groups in total. The molecule has 0 radical (unpaired) electrons. The van der Waals surface area contributed by atoms with Crippen molar-refractivity contribution in [2.24, 2.45) is 0 Å². The molecule has 0 saturated carbocycles. The number of hydrogen-bond acceptors (Lipinski definition) is 4. The van der Waals surface area contributed by atoms with Crippen molar-refractivity contribution in [1.29, 1.82) is 0 Å². The number of fused-ring (bicyclic) bond motifs is 1. The van der Waals surface area contributed by atoms with Crippen LogP contribution in [0.5, 0.6) is 5.75 Å². The van der Waals surface area contributed by atoms with Crippen LogP contribution in [0.2, 0.25) is 0 Å². The molecule has 1 aromatic rings. The number of hydrogen-bond donors (Lipinski definition) is 3. The molecule has 2 unspecified atom stereocenters. The van der Waals surface area contributed by atoms with Crippen LogP contribution >= 0.6 is 0 Å². The van der Waals surface area contributed by atoms with Crippen molar-refractivity contribution >= 4 is 13.5 Å². The maximum atomic E-state index is 10.4. The molecule has 1 aromatic carbocycles. The Hall–Kier alpha value is -1.53. The summed E-state index contributed by atoms with van der Waals surface area (Å²) >= 11 is 0. The zero-order valence-corrected chi connectivity index (χ0v) is 9.24. The Labute approximate surface area is 99.6 Å². The molecule has 1 heterocycles. The van der Waals surface area contributed by atoms with Gasteiger partial charge in [-0.05, 0) is 12.5 Å². The lowest BCUT2D eigenvalue weighted by molar-refractivity contribution is -0.109. The lowest BCUT2D eigenvalue weighted by Crippen LogP contribution is -2.44. The van der Waals surface area contributed by atoms with Crippen molar-refractivity contribution in [2.45, 2.75) is 18.3 Å². The van der Waals surface area contributed by atoms with Crippen LogP contribution < -0.4 is 10.1 Å². The van der Waals surface area contributed by atoms with Crippen molar-refractivity contribution < 1.29 is 19.6 Å². The van der Waals surface area contributed by atoms with Crippen LogP contribution in [0.3, 0.4) is 0 Å². The van der Waals surface area contributed by atoms with Gasteiger partial charge in [-0.3, -0.25) is 4.79 Å². The molecule has 6 heteroatoms. The number of ether oxygens (including phenoxy) is 1. The molecular formula is C11H14BNO4. The zero-order valence-electron chi connectivity index (χ0n) is 9.24. The molecule has 0 fully saturated rings. The first-order chi connectivity index (χ1) is 8.22. The fourth-order valence-corrected chi connectivity index (χ4v) is 2.09. The third kappa shape index (κ3) is 2.59. The predicted octanol–water partition coefficient (Wildman–Crippen LogP) is -0.321. The Morgan fingerprint density at radius 3 is 3.00 bits per heavy atom. The van der Waals surface area contributed by atoms with Gasteiger partial charge < -0.3 is 20.1 Å². The summed E-state index contributed by atoms with van der Waals surface area (Å²) in [7, 11) is -1.56. The first-order valence-corrected chi connectivity index (χ1v) is 5.50. The Morgan fingerprint density at radius 1 is 1.53 bits per heavy atom. The molecular weight excluding hydrogens is 221 g/mol. The van der Waals surface area contributed by atoms with Gasteiger partial charge in [0.15, 0.2) is 0 Å². The summed E-state index contributed by atoms with van der Waals surface area (Å²) < 4.78 is 5.49. The fourth-order valence-electron chi connectivity index (χ4n) is 2.09. The van der Waals surface area contributed by atoms with Crippen LogP contribution in [0.4, 0.5) is 0 Å². The van der Waals surface area contributed by atoms with E-state index in [1.165, 1.54) is 0 Å².